The maximum absolute atomic E-state index is 5.77. The number of benzene rings is 1. The topological polar surface area (TPSA) is 72.4 Å². The van der Waals surface area contributed by atoms with Crippen LogP contribution in [0.2, 0.25) is 0 Å². The van der Waals surface area contributed by atoms with Crippen LogP contribution in [0.3, 0.4) is 0 Å². The van der Waals surface area contributed by atoms with Crippen LogP contribution in [0, 0.1) is 0 Å². The van der Waals surface area contributed by atoms with Crippen molar-refractivity contribution in [2.75, 3.05) is 36.5 Å². The summed E-state index contributed by atoms with van der Waals surface area (Å²) in [7, 11) is 0. The maximum atomic E-state index is 5.77. The summed E-state index contributed by atoms with van der Waals surface area (Å²) in [5.74, 6) is 0.920. The summed E-state index contributed by atoms with van der Waals surface area (Å²) >= 11 is 3.45. The fraction of sp³-hybridized carbons (Fsp3) is 0.438. The van der Waals surface area contributed by atoms with E-state index in [2.05, 4.69) is 41.3 Å². The molecule has 7 nitrogen and oxygen atoms in total. The van der Waals surface area contributed by atoms with Crippen molar-refractivity contribution in [1.82, 2.24) is 15.2 Å². The fourth-order valence-electron chi connectivity index (χ4n) is 3.06. The second-order valence-electron chi connectivity index (χ2n) is 5.87. The molecule has 0 radical (unpaired) electrons. The molecule has 1 aromatic heterocycles. The van der Waals surface area contributed by atoms with Crippen molar-refractivity contribution >= 4 is 33.4 Å². The van der Waals surface area contributed by atoms with Crippen LogP contribution in [0.4, 0.5) is 17.5 Å². The van der Waals surface area contributed by atoms with Gasteiger partial charge >= 0.3 is 0 Å². The van der Waals surface area contributed by atoms with Gasteiger partial charge in [-0.2, -0.15) is 10.1 Å². The third-order valence-corrected chi connectivity index (χ3v) is 4.78. The summed E-state index contributed by atoms with van der Waals surface area (Å²) < 4.78 is 12.5. The number of halogens is 1. The summed E-state index contributed by atoms with van der Waals surface area (Å²) in [5, 5.41) is 11.3. The number of aromatic nitrogens is 3. The Kier molecular flexibility index (Phi) is 4.34. The Morgan fingerprint density at radius 2 is 1.96 bits per heavy atom. The summed E-state index contributed by atoms with van der Waals surface area (Å²) in [6.45, 7) is 3.04. The van der Waals surface area contributed by atoms with Gasteiger partial charge < -0.3 is 19.7 Å². The van der Waals surface area contributed by atoms with Gasteiger partial charge in [0.2, 0.25) is 5.95 Å². The molecule has 0 amide bonds. The molecule has 2 saturated heterocycles. The van der Waals surface area contributed by atoms with E-state index in [0.717, 1.165) is 41.9 Å². The van der Waals surface area contributed by atoms with E-state index >= 15 is 0 Å². The second kappa shape index (κ2) is 6.62. The molecular weight excluding hydrogens is 374 g/mol. The van der Waals surface area contributed by atoms with Crippen LogP contribution in [0.15, 0.2) is 34.9 Å². The molecule has 2 aromatic rings. The monoisotopic (exact) mass is 391 g/mol. The highest BCUT2D eigenvalue weighted by Crippen LogP contribution is 2.32. The first kappa shape index (κ1) is 15.7. The lowest BCUT2D eigenvalue weighted by atomic mass is 10.0. The van der Waals surface area contributed by atoms with Gasteiger partial charge in [0.15, 0.2) is 11.6 Å². The van der Waals surface area contributed by atoms with Gasteiger partial charge in [0.25, 0.3) is 0 Å². The zero-order valence-electron chi connectivity index (χ0n) is 13.1. The molecule has 0 bridgehead atoms. The molecule has 0 saturated carbocycles. The molecule has 0 unspecified atom stereocenters. The molecule has 126 valence electrons. The zero-order chi connectivity index (χ0) is 16.4. The van der Waals surface area contributed by atoms with E-state index in [0.29, 0.717) is 19.2 Å². The van der Waals surface area contributed by atoms with Crippen LogP contribution in [-0.4, -0.2) is 47.3 Å². The number of anilines is 3. The van der Waals surface area contributed by atoms with Crippen LogP contribution < -0.4 is 10.2 Å². The van der Waals surface area contributed by atoms with Gasteiger partial charge in [-0.25, -0.2) is 0 Å². The van der Waals surface area contributed by atoms with Gasteiger partial charge in [-0.15, -0.1) is 5.10 Å². The molecular formula is C16H18BrN5O2. The molecule has 1 aromatic carbocycles. The van der Waals surface area contributed by atoms with Gasteiger partial charge in [0.05, 0.1) is 19.4 Å². The van der Waals surface area contributed by atoms with Crippen molar-refractivity contribution in [3.05, 3.63) is 34.9 Å². The molecule has 0 aliphatic carbocycles. The fourth-order valence-corrected chi connectivity index (χ4v) is 3.46. The Morgan fingerprint density at radius 1 is 1.17 bits per heavy atom. The van der Waals surface area contributed by atoms with Gasteiger partial charge in [0.1, 0.15) is 0 Å². The van der Waals surface area contributed by atoms with Crippen LogP contribution in [0.5, 0.6) is 0 Å². The molecule has 2 aliphatic rings. The van der Waals surface area contributed by atoms with E-state index in [1.54, 1.807) is 6.20 Å². The molecule has 1 N–H and O–H groups in total. The van der Waals surface area contributed by atoms with Gasteiger partial charge in [-0.3, -0.25) is 0 Å². The van der Waals surface area contributed by atoms with E-state index in [-0.39, 0.29) is 5.79 Å². The third-order valence-electron chi connectivity index (χ3n) is 4.29. The standard InChI is InChI=1S/C16H18BrN5O2/c17-12-2-1-3-13(10-12)19-15-20-14(11-18-21-15)22-6-4-16(5-7-22)23-8-9-24-16/h1-3,10-11H,4-9H2,(H,19,20,21). The third kappa shape index (κ3) is 3.35. The molecule has 24 heavy (non-hydrogen) atoms. The highest BCUT2D eigenvalue weighted by molar-refractivity contribution is 9.10. The molecule has 2 aliphatic heterocycles. The molecule has 2 fully saturated rings. The SMILES string of the molecule is Brc1cccc(Nc2nncc(N3CCC4(CC3)OCCO4)n2)c1. The lowest BCUT2D eigenvalue weighted by Gasteiger charge is -2.37. The van der Waals surface area contributed by atoms with Crippen molar-refractivity contribution < 1.29 is 9.47 Å². The Hall–Kier alpha value is -1.77. The first-order valence-electron chi connectivity index (χ1n) is 7.98. The van der Waals surface area contributed by atoms with E-state index < -0.39 is 0 Å². The van der Waals surface area contributed by atoms with Gasteiger partial charge in [0, 0.05) is 36.1 Å². The Labute approximate surface area is 148 Å². The first-order chi connectivity index (χ1) is 11.7. The minimum Gasteiger partial charge on any atom is -0.355 e. The lowest BCUT2D eigenvalue weighted by molar-refractivity contribution is -0.169. The second-order valence-corrected chi connectivity index (χ2v) is 6.78. The first-order valence-corrected chi connectivity index (χ1v) is 8.77. The van der Waals surface area contributed by atoms with Crippen molar-refractivity contribution in [1.29, 1.82) is 0 Å². The Bertz CT molecular complexity index is 713. The summed E-state index contributed by atoms with van der Waals surface area (Å²) in [4.78, 5) is 6.77. The van der Waals surface area contributed by atoms with Crippen LogP contribution >= 0.6 is 15.9 Å². The van der Waals surface area contributed by atoms with Crippen molar-refractivity contribution in [3.63, 3.8) is 0 Å². The minimum atomic E-state index is -0.381. The van der Waals surface area contributed by atoms with E-state index in [1.165, 1.54) is 0 Å². The average molecular weight is 392 g/mol. The summed E-state index contributed by atoms with van der Waals surface area (Å²) in [6.07, 6.45) is 3.37. The van der Waals surface area contributed by atoms with Crippen molar-refractivity contribution in [2.45, 2.75) is 18.6 Å². The predicted molar refractivity (Wildman–Crippen MR) is 93.3 cm³/mol. The maximum Gasteiger partial charge on any atom is 0.249 e. The van der Waals surface area contributed by atoms with Gasteiger partial charge in [-0.05, 0) is 18.2 Å². The average Bonchev–Trinajstić information content (AvgIpc) is 3.04. The number of hydrogen-bond donors (Lipinski definition) is 1. The van der Waals surface area contributed by atoms with Gasteiger partial charge in [-0.1, -0.05) is 22.0 Å². The van der Waals surface area contributed by atoms with E-state index in [9.17, 15) is 0 Å². The largest absolute Gasteiger partial charge is 0.355 e. The van der Waals surface area contributed by atoms with E-state index in [1.807, 2.05) is 24.3 Å². The number of ether oxygens (including phenoxy) is 2. The Morgan fingerprint density at radius 3 is 2.71 bits per heavy atom. The number of piperidine rings is 1. The molecule has 8 heteroatoms. The van der Waals surface area contributed by atoms with Crippen LogP contribution in [-0.2, 0) is 9.47 Å². The highest BCUT2D eigenvalue weighted by atomic mass is 79.9. The predicted octanol–water partition coefficient (Wildman–Crippen LogP) is 2.72. The molecule has 0 atom stereocenters. The normalized spacial score (nSPS) is 19.6. The minimum absolute atomic E-state index is 0.381. The van der Waals surface area contributed by atoms with Crippen LogP contribution in [0.1, 0.15) is 12.8 Å². The number of hydrogen-bond acceptors (Lipinski definition) is 7. The summed E-state index contributed by atoms with van der Waals surface area (Å²) in [6, 6.07) is 7.85. The van der Waals surface area contributed by atoms with Crippen LogP contribution in [0.25, 0.3) is 0 Å². The highest BCUT2D eigenvalue weighted by Gasteiger charge is 2.40. The zero-order valence-corrected chi connectivity index (χ0v) is 14.7. The van der Waals surface area contributed by atoms with Crippen molar-refractivity contribution in [3.8, 4) is 0 Å². The number of nitrogens with zero attached hydrogens (tertiary/aromatic N) is 4. The lowest BCUT2D eigenvalue weighted by Crippen LogP contribution is -2.45. The Balaban J connectivity index is 1.45. The quantitative estimate of drug-likeness (QED) is 0.861. The molecule has 1 spiro atoms. The molecule has 4 rings (SSSR count). The van der Waals surface area contributed by atoms with Crippen molar-refractivity contribution in [2.24, 2.45) is 0 Å². The molecule has 3 heterocycles. The van der Waals surface area contributed by atoms with E-state index in [4.69, 9.17) is 9.47 Å². The number of rotatable bonds is 3. The summed E-state index contributed by atoms with van der Waals surface area (Å²) in [5.41, 5.74) is 0.911. The number of nitrogens with one attached hydrogen (secondary N) is 1. The smallest absolute Gasteiger partial charge is 0.249 e.